The zero-order chi connectivity index (χ0) is 11.4. The molecule has 0 rings (SSSR count). The minimum absolute atomic E-state index is 0.402. The van der Waals surface area contributed by atoms with Gasteiger partial charge in [-0.05, 0) is 13.3 Å². The van der Waals surface area contributed by atoms with Gasteiger partial charge in [-0.2, -0.15) is 0 Å². The molecule has 0 saturated carbocycles. The van der Waals surface area contributed by atoms with Gasteiger partial charge in [0.05, 0.1) is 0 Å². The van der Waals surface area contributed by atoms with E-state index in [0.717, 1.165) is 0 Å². The molecule has 15 heavy (non-hydrogen) atoms. The molecule has 1 atom stereocenters. The Labute approximate surface area is 96.8 Å². The van der Waals surface area contributed by atoms with Crippen molar-refractivity contribution in [3.63, 3.8) is 0 Å². The van der Waals surface area contributed by atoms with Gasteiger partial charge in [0.2, 0.25) is 0 Å². The summed E-state index contributed by atoms with van der Waals surface area (Å²) in [7, 11) is 0. The van der Waals surface area contributed by atoms with Crippen molar-refractivity contribution in [1.82, 2.24) is 0 Å². The zero-order valence-corrected chi connectivity index (χ0v) is 10.9. The number of nitrogens with two attached hydrogens (primary N) is 1. The molecular formula is C14H31N. The SMILES string of the molecule is CCCCCCCCCCCCC(C)N. The Morgan fingerprint density at radius 2 is 1.13 bits per heavy atom. The lowest BCUT2D eigenvalue weighted by atomic mass is 10.0. The van der Waals surface area contributed by atoms with Gasteiger partial charge < -0.3 is 5.73 Å². The van der Waals surface area contributed by atoms with Crippen LogP contribution in [-0.2, 0) is 0 Å². The Morgan fingerprint density at radius 1 is 0.733 bits per heavy atom. The van der Waals surface area contributed by atoms with Crippen LogP contribution in [0.15, 0.2) is 0 Å². The normalized spacial score (nSPS) is 13.0. The van der Waals surface area contributed by atoms with Crippen molar-refractivity contribution in [2.24, 2.45) is 5.73 Å². The molecule has 0 bridgehead atoms. The van der Waals surface area contributed by atoms with E-state index in [1.807, 2.05) is 0 Å². The molecule has 1 nitrogen and oxygen atoms in total. The topological polar surface area (TPSA) is 26.0 Å². The fraction of sp³-hybridized carbons (Fsp3) is 1.00. The van der Waals surface area contributed by atoms with E-state index in [1.165, 1.54) is 70.6 Å². The average Bonchev–Trinajstić information content (AvgIpc) is 2.20. The third-order valence-corrected chi connectivity index (χ3v) is 3.01. The molecule has 0 radical (unpaired) electrons. The molecular weight excluding hydrogens is 182 g/mol. The lowest BCUT2D eigenvalue weighted by Crippen LogP contribution is -2.13. The predicted octanol–water partition coefficient (Wildman–Crippen LogP) is 4.64. The van der Waals surface area contributed by atoms with Gasteiger partial charge in [0.1, 0.15) is 0 Å². The van der Waals surface area contributed by atoms with Crippen molar-refractivity contribution in [2.45, 2.75) is 90.5 Å². The van der Waals surface area contributed by atoms with E-state index >= 15 is 0 Å². The van der Waals surface area contributed by atoms with Crippen LogP contribution in [0.25, 0.3) is 0 Å². The summed E-state index contributed by atoms with van der Waals surface area (Å²) in [5.41, 5.74) is 5.70. The first-order valence-electron chi connectivity index (χ1n) is 7.03. The van der Waals surface area contributed by atoms with Crippen LogP contribution < -0.4 is 5.73 Å². The molecule has 0 heterocycles. The van der Waals surface area contributed by atoms with Gasteiger partial charge in [-0.3, -0.25) is 0 Å². The molecule has 0 fully saturated rings. The molecule has 0 aliphatic carbocycles. The predicted molar refractivity (Wildman–Crippen MR) is 70.1 cm³/mol. The molecule has 0 aromatic heterocycles. The summed E-state index contributed by atoms with van der Waals surface area (Å²) >= 11 is 0. The summed E-state index contributed by atoms with van der Waals surface area (Å²) < 4.78 is 0. The standard InChI is InChI=1S/C14H31N/c1-3-4-5-6-7-8-9-10-11-12-13-14(2)15/h14H,3-13,15H2,1-2H3. The van der Waals surface area contributed by atoms with E-state index in [9.17, 15) is 0 Å². The van der Waals surface area contributed by atoms with E-state index in [4.69, 9.17) is 5.73 Å². The molecule has 0 aromatic carbocycles. The minimum Gasteiger partial charge on any atom is -0.328 e. The second kappa shape index (κ2) is 12.0. The van der Waals surface area contributed by atoms with Crippen LogP contribution in [-0.4, -0.2) is 6.04 Å². The molecule has 2 N–H and O–H groups in total. The third-order valence-electron chi connectivity index (χ3n) is 3.01. The van der Waals surface area contributed by atoms with Crippen molar-refractivity contribution in [1.29, 1.82) is 0 Å². The van der Waals surface area contributed by atoms with E-state index in [1.54, 1.807) is 0 Å². The summed E-state index contributed by atoms with van der Waals surface area (Å²) in [6, 6.07) is 0.402. The molecule has 0 amide bonds. The molecule has 0 saturated heterocycles. The van der Waals surface area contributed by atoms with E-state index < -0.39 is 0 Å². The van der Waals surface area contributed by atoms with E-state index in [0.29, 0.717) is 6.04 Å². The van der Waals surface area contributed by atoms with Crippen molar-refractivity contribution < 1.29 is 0 Å². The Balaban J connectivity index is 2.87. The maximum absolute atomic E-state index is 5.70. The largest absolute Gasteiger partial charge is 0.328 e. The van der Waals surface area contributed by atoms with Crippen LogP contribution in [0.5, 0.6) is 0 Å². The van der Waals surface area contributed by atoms with Gasteiger partial charge in [0.25, 0.3) is 0 Å². The van der Waals surface area contributed by atoms with Crippen LogP contribution in [0.4, 0.5) is 0 Å². The van der Waals surface area contributed by atoms with Gasteiger partial charge >= 0.3 is 0 Å². The summed E-state index contributed by atoms with van der Waals surface area (Å²) in [5.74, 6) is 0. The Hall–Kier alpha value is -0.0400. The highest BCUT2D eigenvalue weighted by molar-refractivity contribution is 4.53. The summed E-state index contributed by atoms with van der Waals surface area (Å²) in [5, 5.41) is 0. The van der Waals surface area contributed by atoms with Crippen LogP contribution in [0.1, 0.15) is 84.5 Å². The molecule has 1 heteroatoms. The molecule has 0 aromatic rings. The Morgan fingerprint density at radius 3 is 1.53 bits per heavy atom. The number of hydrogen-bond acceptors (Lipinski definition) is 1. The van der Waals surface area contributed by atoms with Crippen molar-refractivity contribution in [3.8, 4) is 0 Å². The van der Waals surface area contributed by atoms with Gasteiger partial charge in [-0.25, -0.2) is 0 Å². The third kappa shape index (κ3) is 14.0. The lowest BCUT2D eigenvalue weighted by Gasteiger charge is -2.04. The number of unbranched alkanes of at least 4 members (excludes halogenated alkanes) is 9. The monoisotopic (exact) mass is 213 g/mol. The van der Waals surface area contributed by atoms with Gasteiger partial charge in [-0.15, -0.1) is 0 Å². The highest BCUT2D eigenvalue weighted by Crippen LogP contribution is 2.11. The van der Waals surface area contributed by atoms with Crippen LogP contribution >= 0.6 is 0 Å². The highest BCUT2D eigenvalue weighted by Gasteiger charge is 1.95. The van der Waals surface area contributed by atoms with Crippen molar-refractivity contribution in [3.05, 3.63) is 0 Å². The maximum atomic E-state index is 5.70. The summed E-state index contributed by atoms with van der Waals surface area (Å²) in [4.78, 5) is 0. The van der Waals surface area contributed by atoms with Gasteiger partial charge in [-0.1, -0.05) is 71.1 Å². The summed E-state index contributed by atoms with van der Waals surface area (Å²) in [6.45, 7) is 4.38. The molecule has 92 valence electrons. The van der Waals surface area contributed by atoms with Crippen LogP contribution in [0.3, 0.4) is 0 Å². The first kappa shape index (κ1) is 15.0. The second-order valence-electron chi connectivity index (χ2n) is 4.95. The Kier molecular flexibility index (Phi) is 12.0. The maximum Gasteiger partial charge on any atom is 0.00104 e. The van der Waals surface area contributed by atoms with E-state index in [2.05, 4.69) is 13.8 Å². The number of hydrogen-bond donors (Lipinski definition) is 1. The van der Waals surface area contributed by atoms with Crippen LogP contribution in [0, 0.1) is 0 Å². The van der Waals surface area contributed by atoms with E-state index in [-0.39, 0.29) is 0 Å². The van der Waals surface area contributed by atoms with Crippen LogP contribution in [0.2, 0.25) is 0 Å². The smallest absolute Gasteiger partial charge is 0.00104 e. The highest BCUT2D eigenvalue weighted by atomic mass is 14.6. The Bertz CT molecular complexity index is 110. The lowest BCUT2D eigenvalue weighted by molar-refractivity contribution is 0.533. The molecule has 1 unspecified atom stereocenters. The average molecular weight is 213 g/mol. The zero-order valence-electron chi connectivity index (χ0n) is 10.9. The summed E-state index contributed by atoms with van der Waals surface area (Å²) in [6.07, 6.45) is 15.3. The van der Waals surface area contributed by atoms with Crippen molar-refractivity contribution >= 4 is 0 Å². The quantitative estimate of drug-likeness (QED) is 0.497. The first-order valence-corrected chi connectivity index (χ1v) is 7.03. The first-order chi connectivity index (χ1) is 7.27. The van der Waals surface area contributed by atoms with Gasteiger partial charge in [0, 0.05) is 6.04 Å². The second-order valence-corrected chi connectivity index (χ2v) is 4.95. The fourth-order valence-electron chi connectivity index (χ4n) is 1.95. The van der Waals surface area contributed by atoms with Crippen molar-refractivity contribution in [2.75, 3.05) is 0 Å². The molecule has 0 aliphatic rings. The molecule has 0 aliphatic heterocycles. The molecule has 0 spiro atoms. The fourth-order valence-corrected chi connectivity index (χ4v) is 1.95. The van der Waals surface area contributed by atoms with Gasteiger partial charge in [0.15, 0.2) is 0 Å². The minimum atomic E-state index is 0.402. The number of rotatable bonds is 11.